The number of carboxylic acids is 1. The Morgan fingerprint density at radius 2 is 1.68 bits per heavy atom. The van der Waals surface area contributed by atoms with E-state index in [4.69, 9.17) is 5.10 Å². The number of nitrogens with zero attached hydrogens (tertiary/aromatic N) is 3. The number of halogens is 1. The zero-order valence-electron chi connectivity index (χ0n) is 17.9. The summed E-state index contributed by atoms with van der Waals surface area (Å²) in [7, 11) is 0. The molecule has 0 aliphatic rings. The summed E-state index contributed by atoms with van der Waals surface area (Å²) >= 11 is 3.43. The quantitative estimate of drug-likeness (QED) is 0.199. The number of carboxylic acid groups (broad SMARTS) is 1. The Morgan fingerprint density at radius 1 is 0.941 bits per heavy atom. The van der Waals surface area contributed by atoms with Gasteiger partial charge in [-0.1, -0.05) is 52.3 Å². The molecule has 1 aromatic heterocycles. The molecule has 166 valence electrons. The lowest BCUT2D eigenvalue weighted by molar-refractivity contribution is 0.0697. The molecular weight excluding hydrogens is 492 g/mol. The molecule has 2 N–H and O–H groups in total. The minimum atomic E-state index is -0.962. The summed E-state index contributed by atoms with van der Waals surface area (Å²) in [6, 6.07) is 28.8. The Morgan fingerprint density at radius 3 is 2.41 bits per heavy atom. The van der Waals surface area contributed by atoms with Gasteiger partial charge in [0, 0.05) is 21.8 Å². The van der Waals surface area contributed by atoms with Crippen LogP contribution in [0, 0.1) is 0 Å². The average Bonchev–Trinajstić information content (AvgIpc) is 3.29. The first-order chi connectivity index (χ1) is 16.6. The standard InChI is InChI=1S/C27H19BrN4O2/c28-23-9-11-24(12-10-23)30-29-16-22-17-32(25-13-7-19(8-14-25)27(33)34)31-26(22)21-6-5-18-3-1-2-4-20(18)15-21/h1-17,30H,(H,33,34)/b29-16+. The monoisotopic (exact) mass is 510 g/mol. The molecule has 0 amide bonds. The number of aromatic carboxylic acids is 1. The van der Waals surface area contributed by atoms with Crippen LogP contribution in [0.2, 0.25) is 0 Å². The van der Waals surface area contributed by atoms with Gasteiger partial charge in [0.2, 0.25) is 0 Å². The largest absolute Gasteiger partial charge is 0.478 e. The normalized spacial score (nSPS) is 11.2. The highest BCUT2D eigenvalue weighted by Crippen LogP contribution is 2.27. The topological polar surface area (TPSA) is 79.5 Å². The third-order valence-electron chi connectivity index (χ3n) is 5.39. The summed E-state index contributed by atoms with van der Waals surface area (Å²) in [5.41, 5.74) is 7.45. The number of rotatable bonds is 6. The lowest BCUT2D eigenvalue weighted by atomic mass is 10.0. The van der Waals surface area contributed by atoms with Gasteiger partial charge in [0.25, 0.3) is 0 Å². The fraction of sp³-hybridized carbons (Fsp3) is 0. The molecule has 0 saturated heterocycles. The van der Waals surface area contributed by atoms with Crippen LogP contribution in [0.15, 0.2) is 107 Å². The molecular formula is C27H19BrN4O2. The Balaban J connectivity index is 1.53. The summed E-state index contributed by atoms with van der Waals surface area (Å²) in [5.74, 6) is -0.962. The fourth-order valence-corrected chi connectivity index (χ4v) is 3.90. The molecule has 5 aromatic rings. The van der Waals surface area contributed by atoms with Crippen LogP contribution in [0.3, 0.4) is 0 Å². The maximum absolute atomic E-state index is 11.2. The number of hydrogen-bond acceptors (Lipinski definition) is 4. The van der Waals surface area contributed by atoms with Crippen LogP contribution in [0.4, 0.5) is 5.69 Å². The molecule has 1 heterocycles. The Bertz CT molecular complexity index is 1510. The Kier molecular flexibility index (Phi) is 5.93. The van der Waals surface area contributed by atoms with Crippen molar-refractivity contribution in [2.24, 2.45) is 5.10 Å². The van der Waals surface area contributed by atoms with Crippen molar-refractivity contribution in [3.63, 3.8) is 0 Å². The van der Waals surface area contributed by atoms with Crippen molar-refractivity contribution in [1.29, 1.82) is 0 Å². The summed E-state index contributed by atoms with van der Waals surface area (Å²) in [5, 5.41) is 20.7. The minimum absolute atomic E-state index is 0.228. The second kappa shape index (κ2) is 9.33. The van der Waals surface area contributed by atoms with E-state index in [2.05, 4.69) is 50.7 Å². The van der Waals surface area contributed by atoms with Crippen LogP contribution in [0.25, 0.3) is 27.7 Å². The van der Waals surface area contributed by atoms with Crippen molar-refractivity contribution in [2.75, 3.05) is 5.43 Å². The highest BCUT2D eigenvalue weighted by molar-refractivity contribution is 9.10. The molecule has 0 radical (unpaired) electrons. The van der Waals surface area contributed by atoms with Gasteiger partial charge in [0.05, 0.1) is 23.2 Å². The van der Waals surface area contributed by atoms with E-state index >= 15 is 0 Å². The summed E-state index contributed by atoms with van der Waals surface area (Å²) in [4.78, 5) is 11.2. The molecule has 34 heavy (non-hydrogen) atoms. The SMILES string of the molecule is O=C(O)c1ccc(-n2cc(/C=N/Nc3ccc(Br)cc3)c(-c3ccc4ccccc4c3)n2)cc1. The minimum Gasteiger partial charge on any atom is -0.478 e. The van der Waals surface area contributed by atoms with Gasteiger partial charge in [0.15, 0.2) is 0 Å². The third kappa shape index (κ3) is 4.60. The van der Waals surface area contributed by atoms with Gasteiger partial charge < -0.3 is 5.11 Å². The van der Waals surface area contributed by atoms with Crippen LogP contribution in [0.5, 0.6) is 0 Å². The highest BCUT2D eigenvalue weighted by Gasteiger charge is 2.12. The number of nitrogens with one attached hydrogen (secondary N) is 1. The van der Waals surface area contributed by atoms with Crippen molar-refractivity contribution in [3.8, 4) is 16.9 Å². The number of aromatic nitrogens is 2. The maximum atomic E-state index is 11.2. The zero-order chi connectivity index (χ0) is 23.5. The van der Waals surface area contributed by atoms with Gasteiger partial charge in [-0.3, -0.25) is 5.43 Å². The molecule has 4 aromatic carbocycles. The Labute approximate surface area is 204 Å². The van der Waals surface area contributed by atoms with Gasteiger partial charge >= 0.3 is 5.97 Å². The smallest absolute Gasteiger partial charge is 0.335 e. The molecule has 7 heteroatoms. The Hall–Kier alpha value is -4.23. The third-order valence-corrected chi connectivity index (χ3v) is 5.91. The van der Waals surface area contributed by atoms with E-state index in [1.807, 2.05) is 48.7 Å². The molecule has 0 aliphatic heterocycles. The average molecular weight is 511 g/mol. The zero-order valence-corrected chi connectivity index (χ0v) is 19.5. The van der Waals surface area contributed by atoms with E-state index in [9.17, 15) is 9.90 Å². The second-order valence-electron chi connectivity index (χ2n) is 7.67. The highest BCUT2D eigenvalue weighted by atomic mass is 79.9. The van der Waals surface area contributed by atoms with Crippen molar-refractivity contribution in [2.45, 2.75) is 0 Å². The van der Waals surface area contributed by atoms with Crippen molar-refractivity contribution in [3.05, 3.63) is 113 Å². The molecule has 0 spiro atoms. The van der Waals surface area contributed by atoms with Gasteiger partial charge in [0.1, 0.15) is 5.69 Å². The summed E-state index contributed by atoms with van der Waals surface area (Å²) < 4.78 is 2.73. The lowest BCUT2D eigenvalue weighted by Crippen LogP contribution is -1.99. The first-order valence-corrected chi connectivity index (χ1v) is 11.3. The van der Waals surface area contributed by atoms with E-state index in [0.29, 0.717) is 0 Å². The number of hydrogen-bond donors (Lipinski definition) is 2. The van der Waals surface area contributed by atoms with E-state index in [1.54, 1.807) is 35.2 Å². The number of anilines is 1. The van der Waals surface area contributed by atoms with Gasteiger partial charge in [-0.05, 0) is 65.4 Å². The maximum Gasteiger partial charge on any atom is 0.335 e. The predicted octanol–water partition coefficient (Wildman–Crippen LogP) is 6.60. The van der Waals surface area contributed by atoms with Crippen LogP contribution < -0.4 is 5.43 Å². The first-order valence-electron chi connectivity index (χ1n) is 10.5. The number of carbonyl (C=O) groups is 1. The van der Waals surface area contributed by atoms with Gasteiger partial charge in [-0.2, -0.15) is 10.2 Å². The van der Waals surface area contributed by atoms with Crippen molar-refractivity contribution in [1.82, 2.24) is 9.78 Å². The predicted molar refractivity (Wildman–Crippen MR) is 139 cm³/mol. The van der Waals surface area contributed by atoms with Gasteiger partial charge in [-0.15, -0.1) is 0 Å². The van der Waals surface area contributed by atoms with E-state index < -0.39 is 5.97 Å². The molecule has 0 saturated carbocycles. The van der Waals surface area contributed by atoms with E-state index in [0.717, 1.165) is 43.4 Å². The van der Waals surface area contributed by atoms with Crippen molar-refractivity contribution >= 4 is 44.6 Å². The molecule has 0 fully saturated rings. The van der Waals surface area contributed by atoms with Gasteiger partial charge in [-0.25, -0.2) is 9.48 Å². The van der Waals surface area contributed by atoms with Crippen molar-refractivity contribution < 1.29 is 9.90 Å². The number of fused-ring (bicyclic) bond motifs is 1. The molecule has 0 bridgehead atoms. The van der Waals surface area contributed by atoms with Crippen LogP contribution in [-0.4, -0.2) is 27.1 Å². The van der Waals surface area contributed by atoms with E-state index in [1.165, 1.54) is 0 Å². The van der Waals surface area contributed by atoms with Crippen LogP contribution in [0.1, 0.15) is 15.9 Å². The fourth-order valence-electron chi connectivity index (χ4n) is 3.63. The summed E-state index contributed by atoms with van der Waals surface area (Å²) in [6.07, 6.45) is 3.62. The second-order valence-corrected chi connectivity index (χ2v) is 8.58. The lowest BCUT2D eigenvalue weighted by Gasteiger charge is -2.04. The number of benzene rings is 4. The van der Waals surface area contributed by atoms with Crippen LogP contribution in [-0.2, 0) is 0 Å². The van der Waals surface area contributed by atoms with Crippen LogP contribution >= 0.6 is 15.9 Å². The van der Waals surface area contributed by atoms with E-state index in [-0.39, 0.29) is 5.56 Å². The summed E-state index contributed by atoms with van der Waals surface area (Å²) in [6.45, 7) is 0. The molecule has 6 nitrogen and oxygen atoms in total. The molecule has 0 atom stereocenters. The molecule has 5 rings (SSSR count). The molecule has 0 aliphatic carbocycles. The number of hydrazone groups is 1. The first kappa shape index (κ1) is 21.6. The molecule has 0 unspecified atom stereocenters.